The Labute approximate surface area is 172 Å². The minimum absolute atomic E-state index is 0.0804. The van der Waals surface area contributed by atoms with Crippen LogP contribution in [0.1, 0.15) is 37.7 Å². The fourth-order valence-electron chi connectivity index (χ4n) is 3.90. The molecule has 0 atom stereocenters. The average molecular weight is 392 g/mol. The topological polar surface area (TPSA) is 53.6 Å². The van der Waals surface area contributed by atoms with E-state index in [1.54, 1.807) is 6.20 Å². The normalized spacial score (nSPS) is 17.8. The number of likely N-dealkylation sites (tertiary alicyclic amines) is 1. The Hall–Kier alpha value is -2.79. The van der Waals surface area contributed by atoms with E-state index in [0.29, 0.717) is 5.57 Å². The molecule has 0 radical (unpaired) electrons. The summed E-state index contributed by atoms with van der Waals surface area (Å²) >= 11 is 0. The van der Waals surface area contributed by atoms with Gasteiger partial charge < -0.3 is 20.3 Å². The Morgan fingerprint density at radius 3 is 2.62 bits per heavy atom. The first-order valence-electron chi connectivity index (χ1n) is 10.6. The van der Waals surface area contributed by atoms with Gasteiger partial charge in [0.15, 0.2) is 0 Å². The first kappa shape index (κ1) is 19.5. The van der Waals surface area contributed by atoms with Crippen LogP contribution in [0.2, 0.25) is 0 Å². The van der Waals surface area contributed by atoms with E-state index in [1.165, 1.54) is 45.3 Å². The predicted octanol–water partition coefficient (Wildman–Crippen LogP) is 4.74. The fraction of sp³-hybridized carbons (Fsp3) is 0.375. The monoisotopic (exact) mass is 391 g/mol. The lowest BCUT2D eigenvalue weighted by atomic mass is 10.1. The lowest BCUT2D eigenvalue weighted by molar-refractivity contribution is -0.110. The molecule has 2 aromatic rings. The molecule has 1 saturated heterocycles. The number of anilines is 2. The quantitative estimate of drug-likeness (QED) is 0.504. The number of ether oxygens (including phenoxy) is 1. The van der Waals surface area contributed by atoms with E-state index in [4.69, 9.17) is 4.74 Å². The number of nitrogens with one attached hydrogen (secondary N) is 2. The first-order chi connectivity index (χ1) is 14.3. The highest BCUT2D eigenvalue weighted by Crippen LogP contribution is 2.31. The lowest BCUT2D eigenvalue weighted by Gasteiger charge is -2.26. The van der Waals surface area contributed by atoms with Gasteiger partial charge in [-0.25, -0.2) is 0 Å². The van der Waals surface area contributed by atoms with Crippen molar-refractivity contribution in [1.82, 2.24) is 4.90 Å². The average Bonchev–Trinajstić information content (AvgIpc) is 3.08. The molecule has 5 heteroatoms. The number of piperidine rings is 1. The van der Waals surface area contributed by atoms with Crippen LogP contribution in [-0.2, 0) is 4.79 Å². The van der Waals surface area contributed by atoms with Gasteiger partial charge in [-0.15, -0.1) is 0 Å². The molecular weight excluding hydrogens is 362 g/mol. The molecule has 0 bridgehead atoms. The van der Waals surface area contributed by atoms with Crippen LogP contribution < -0.4 is 15.4 Å². The summed E-state index contributed by atoms with van der Waals surface area (Å²) in [5.74, 6) is 0.799. The van der Waals surface area contributed by atoms with Crippen LogP contribution in [-0.4, -0.2) is 37.0 Å². The predicted molar refractivity (Wildman–Crippen MR) is 118 cm³/mol. The standard InChI is InChI=1S/C24H29N3O2/c28-24-22(21-8-2-3-9-23(21)26-24)18-25-19-10-12-20(13-11-19)29-17-7-6-16-27-14-4-1-5-15-27/h2-3,8-13,18,25H,1,4-7,14-17H2,(H,26,28). The number of para-hydroxylation sites is 1. The number of rotatable bonds is 8. The zero-order valence-corrected chi connectivity index (χ0v) is 16.8. The molecule has 4 rings (SSSR count). The van der Waals surface area contributed by atoms with Gasteiger partial charge in [-0.2, -0.15) is 0 Å². The maximum Gasteiger partial charge on any atom is 0.257 e. The van der Waals surface area contributed by atoms with Crippen LogP contribution in [0, 0.1) is 0 Å². The number of carbonyl (C=O) groups excluding carboxylic acids is 1. The number of hydrogen-bond donors (Lipinski definition) is 2. The molecule has 0 spiro atoms. The summed E-state index contributed by atoms with van der Waals surface area (Å²) in [5, 5.41) is 6.09. The summed E-state index contributed by atoms with van der Waals surface area (Å²) in [7, 11) is 0. The highest BCUT2D eigenvalue weighted by atomic mass is 16.5. The van der Waals surface area contributed by atoms with Crippen molar-refractivity contribution in [2.75, 3.05) is 36.9 Å². The van der Waals surface area contributed by atoms with Crippen molar-refractivity contribution in [3.8, 4) is 5.75 Å². The summed E-state index contributed by atoms with van der Waals surface area (Å²) in [6, 6.07) is 15.6. The van der Waals surface area contributed by atoms with Crippen LogP contribution in [0.3, 0.4) is 0 Å². The van der Waals surface area contributed by atoms with Crippen molar-refractivity contribution >= 4 is 22.9 Å². The highest BCUT2D eigenvalue weighted by molar-refractivity contribution is 6.31. The fourth-order valence-corrected chi connectivity index (χ4v) is 3.90. The molecule has 2 N–H and O–H groups in total. The maximum absolute atomic E-state index is 12.1. The Kier molecular flexibility index (Phi) is 6.47. The molecule has 152 valence electrons. The number of carbonyl (C=O) groups is 1. The van der Waals surface area contributed by atoms with Crippen molar-refractivity contribution in [1.29, 1.82) is 0 Å². The molecule has 0 unspecified atom stereocenters. The van der Waals surface area contributed by atoms with E-state index in [0.717, 1.165) is 35.7 Å². The van der Waals surface area contributed by atoms with Gasteiger partial charge in [0.2, 0.25) is 0 Å². The number of fused-ring (bicyclic) bond motifs is 1. The van der Waals surface area contributed by atoms with Crippen molar-refractivity contribution in [3.63, 3.8) is 0 Å². The molecular formula is C24H29N3O2. The van der Waals surface area contributed by atoms with Gasteiger partial charge in [-0.05, 0) is 75.6 Å². The van der Waals surface area contributed by atoms with Crippen LogP contribution >= 0.6 is 0 Å². The van der Waals surface area contributed by atoms with E-state index in [-0.39, 0.29) is 5.91 Å². The summed E-state index contributed by atoms with van der Waals surface area (Å²) < 4.78 is 5.87. The van der Waals surface area contributed by atoms with E-state index < -0.39 is 0 Å². The van der Waals surface area contributed by atoms with Crippen molar-refractivity contribution < 1.29 is 9.53 Å². The van der Waals surface area contributed by atoms with Gasteiger partial charge in [0.25, 0.3) is 5.91 Å². The van der Waals surface area contributed by atoms with Crippen molar-refractivity contribution in [2.45, 2.75) is 32.1 Å². The maximum atomic E-state index is 12.1. The smallest absolute Gasteiger partial charge is 0.257 e. The number of hydrogen-bond acceptors (Lipinski definition) is 4. The SMILES string of the molecule is O=C1Nc2ccccc2C1=CNc1ccc(OCCCCN2CCCCC2)cc1. The molecule has 29 heavy (non-hydrogen) atoms. The highest BCUT2D eigenvalue weighted by Gasteiger charge is 2.23. The summed E-state index contributed by atoms with van der Waals surface area (Å²) in [5.41, 5.74) is 3.35. The number of unbranched alkanes of at least 4 members (excludes halogenated alkanes) is 1. The van der Waals surface area contributed by atoms with E-state index in [2.05, 4.69) is 15.5 Å². The number of benzene rings is 2. The number of amides is 1. The molecule has 0 aliphatic carbocycles. The summed E-state index contributed by atoms with van der Waals surface area (Å²) in [4.78, 5) is 14.7. The molecule has 0 aromatic heterocycles. The molecule has 0 saturated carbocycles. The zero-order valence-electron chi connectivity index (χ0n) is 16.8. The third kappa shape index (κ3) is 5.18. The lowest BCUT2D eigenvalue weighted by Crippen LogP contribution is -2.30. The van der Waals surface area contributed by atoms with E-state index >= 15 is 0 Å². The van der Waals surface area contributed by atoms with Gasteiger partial charge in [-0.3, -0.25) is 4.79 Å². The Morgan fingerprint density at radius 2 is 1.79 bits per heavy atom. The van der Waals surface area contributed by atoms with Crippen LogP contribution in [0.15, 0.2) is 54.7 Å². The van der Waals surface area contributed by atoms with Crippen molar-refractivity contribution in [2.24, 2.45) is 0 Å². The third-order valence-corrected chi connectivity index (χ3v) is 5.53. The summed E-state index contributed by atoms with van der Waals surface area (Å²) in [6.07, 6.45) is 8.13. The molecule has 1 amide bonds. The van der Waals surface area contributed by atoms with Gasteiger partial charge >= 0.3 is 0 Å². The van der Waals surface area contributed by atoms with E-state index in [9.17, 15) is 4.79 Å². The molecule has 2 aliphatic heterocycles. The van der Waals surface area contributed by atoms with Gasteiger partial charge in [-0.1, -0.05) is 24.6 Å². The van der Waals surface area contributed by atoms with Gasteiger partial charge in [0.1, 0.15) is 5.75 Å². The second-order valence-electron chi connectivity index (χ2n) is 7.68. The van der Waals surface area contributed by atoms with Crippen molar-refractivity contribution in [3.05, 3.63) is 60.3 Å². The molecule has 5 nitrogen and oxygen atoms in total. The zero-order chi connectivity index (χ0) is 19.9. The van der Waals surface area contributed by atoms with Gasteiger partial charge in [0, 0.05) is 23.1 Å². The minimum atomic E-state index is -0.0804. The first-order valence-corrected chi connectivity index (χ1v) is 10.6. The van der Waals surface area contributed by atoms with E-state index in [1.807, 2.05) is 48.5 Å². The number of nitrogens with zero attached hydrogens (tertiary/aromatic N) is 1. The Bertz CT molecular complexity index is 855. The van der Waals surface area contributed by atoms with Gasteiger partial charge in [0.05, 0.1) is 12.2 Å². The second kappa shape index (κ2) is 9.61. The second-order valence-corrected chi connectivity index (χ2v) is 7.68. The Morgan fingerprint density at radius 1 is 1.00 bits per heavy atom. The van der Waals surface area contributed by atoms with Crippen LogP contribution in [0.25, 0.3) is 5.57 Å². The minimum Gasteiger partial charge on any atom is -0.494 e. The Balaban J connectivity index is 1.22. The third-order valence-electron chi connectivity index (χ3n) is 5.53. The van der Waals surface area contributed by atoms with Crippen LogP contribution in [0.5, 0.6) is 5.75 Å². The summed E-state index contributed by atoms with van der Waals surface area (Å²) in [6.45, 7) is 4.47. The molecule has 2 aromatic carbocycles. The van der Waals surface area contributed by atoms with Crippen LogP contribution in [0.4, 0.5) is 11.4 Å². The molecule has 2 heterocycles. The molecule has 2 aliphatic rings. The molecule has 1 fully saturated rings. The largest absolute Gasteiger partial charge is 0.494 e.